The van der Waals surface area contributed by atoms with Crippen LogP contribution in [0, 0.1) is 17.9 Å². The second-order valence-corrected chi connectivity index (χ2v) is 18.5. The minimum absolute atomic E-state index is 0. The van der Waals surface area contributed by atoms with Crippen molar-refractivity contribution in [2.45, 2.75) is 39.4 Å². The molecule has 7 aromatic rings. The Morgan fingerprint density at radius 1 is 0.783 bits per heavy atom. The second kappa shape index (κ2) is 14.3. The van der Waals surface area contributed by atoms with Gasteiger partial charge in [-0.3, -0.25) is 0 Å². The van der Waals surface area contributed by atoms with Gasteiger partial charge in [-0.1, -0.05) is 93.0 Å². The van der Waals surface area contributed by atoms with Crippen LogP contribution in [-0.4, -0.2) is 18.0 Å². The van der Waals surface area contributed by atoms with Gasteiger partial charge in [0.1, 0.15) is 5.82 Å². The molecular formula is C40H35FIrN2SSi-2. The summed E-state index contributed by atoms with van der Waals surface area (Å²) >= 11 is 1.60. The van der Waals surface area contributed by atoms with Crippen LogP contribution in [0.4, 0.5) is 4.39 Å². The fourth-order valence-electron chi connectivity index (χ4n) is 5.49. The van der Waals surface area contributed by atoms with Gasteiger partial charge in [0.25, 0.3) is 0 Å². The van der Waals surface area contributed by atoms with E-state index in [9.17, 15) is 4.39 Å². The summed E-state index contributed by atoms with van der Waals surface area (Å²) in [6, 6.07) is 40.6. The summed E-state index contributed by atoms with van der Waals surface area (Å²) in [5.74, 6) is 0.269. The summed E-state index contributed by atoms with van der Waals surface area (Å²) in [6.07, 6.45) is 3.91. The molecule has 3 aromatic heterocycles. The average molecular weight is 815 g/mol. The molecule has 0 N–H and O–H groups in total. The summed E-state index contributed by atoms with van der Waals surface area (Å²) < 4.78 is 16.2. The monoisotopic (exact) mass is 815 g/mol. The minimum Gasteiger partial charge on any atom is -0.305 e. The van der Waals surface area contributed by atoms with Gasteiger partial charge in [-0.2, -0.15) is 11.3 Å². The van der Waals surface area contributed by atoms with Gasteiger partial charge in [0.05, 0.1) is 8.07 Å². The third kappa shape index (κ3) is 7.11. The number of rotatable bonds is 5. The summed E-state index contributed by atoms with van der Waals surface area (Å²) in [5.41, 5.74) is 7.69. The van der Waals surface area contributed by atoms with E-state index in [2.05, 4.69) is 105 Å². The van der Waals surface area contributed by atoms with Crippen molar-refractivity contribution in [2.75, 3.05) is 0 Å². The molecule has 0 saturated heterocycles. The van der Waals surface area contributed by atoms with Gasteiger partial charge in [-0.05, 0) is 56.5 Å². The fraction of sp³-hybridized carbons (Fsp3) is 0.150. The van der Waals surface area contributed by atoms with Gasteiger partial charge in [-0.15, -0.1) is 59.7 Å². The Balaban J connectivity index is 0.000000178. The summed E-state index contributed by atoms with van der Waals surface area (Å²) in [6.45, 7) is 11.4. The molecule has 46 heavy (non-hydrogen) atoms. The largest absolute Gasteiger partial charge is 0.305 e. The number of halogens is 1. The molecule has 2 nitrogen and oxygen atoms in total. The first-order valence-electron chi connectivity index (χ1n) is 15.2. The first-order chi connectivity index (χ1) is 21.7. The van der Waals surface area contributed by atoms with E-state index >= 15 is 0 Å². The topological polar surface area (TPSA) is 25.8 Å². The van der Waals surface area contributed by atoms with Crippen LogP contribution in [0.1, 0.15) is 25.3 Å². The van der Waals surface area contributed by atoms with Crippen LogP contribution >= 0.6 is 11.3 Å². The molecule has 0 aliphatic rings. The van der Waals surface area contributed by atoms with Crippen molar-refractivity contribution >= 4 is 44.8 Å². The Bertz CT molecular complexity index is 2090. The Kier molecular flexibility index (Phi) is 10.4. The predicted molar refractivity (Wildman–Crippen MR) is 192 cm³/mol. The third-order valence-corrected chi connectivity index (χ3v) is 11.1. The Morgan fingerprint density at radius 3 is 2.28 bits per heavy atom. The molecule has 0 unspecified atom stereocenters. The van der Waals surface area contributed by atoms with Crippen molar-refractivity contribution < 1.29 is 24.5 Å². The van der Waals surface area contributed by atoms with E-state index in [4.69, 9.17) is 4.98 Å². The van der Waals surface area contributed by atoms with Crippen molar-refractivity contribution in [3.8, 4) is 33.6 Å². The number of hydrogen-bond donors (Lipinski definition) is 0. The van der Waals surface area contributed by atoms with Gasteiger partial charge in [0.2, 0.25) is 0 Å². The van der Waals surface area contributed by atoms with E-state index in [1.165, 1.54) is 27.9 Å². The second-order valence-electron chi connectivity index (χ2n) is 12.4. The Hall–Kier alpha value is -3.80. The first kappa shape index (κ1) is 33.6. The maximum absolute atomic E-state index is 14.2. The molecule has 0 aliphatic carbocycles. The smallest absolute Gasteiger partial charge is 0.130 e. The molecule has 0 aliphatic heterocycles. The van der Waals surface area contributed by atoms with E-state index < -0.39 is 8.07 Å². The zero-order chi connectivity index (χ0) is 31.6. The summed E-state index contributed by atoms with van der Waals surface area (Å²) in [7, 11) is -1.46. The van der Waals surface area contributed by atoms with E-state index in [1.54, 1.807) is 17.4 Å². The van der Waals surface area contributed by atoms with Crippen LogP contribution in [0.5, 0.6) is 0 Å². The number of nitrogens with zero attached hydrogens (tertiary/aromatic N) is 2. The quantitative estimate of drug-likeness (QED) is 0.128. The summed E-state index contributed by atoms with van der Waals surface area (Å²) in [4.78, 5) is 9.22. The van der Waals surface area contributed by atoms with Crippen LogP contribution < -0.4 is 5.19 Å². The standard InChI is InChI=1S/C20H15FNS.C20H20NSi.Ir/c1-12(2)13-9-10-22-17(11-13)14-5-3-6-15-19-16(21)7-4-8-18(19)23-20(14)15;1-22(2,3)20-15-21-19(17-12-8-5-9-13-17)14-18(20)16-10-6-4-7-11-16;/h3-4,6-12H,1-2H3;4-12,14-15H,1-3H3;/q2*-1;. The SMILES string of the molecule is CC(C)c1ccnc(-c2[c-]ccc3c2sc2cccc(F)c23)c1.C[Si](C)(C)c1cnc(-c2[c-]cccc2)cc1-c1ccccc1.[Ir]. The minimum atomic E-state index is -1.46. The number of hydrogen-bond acceptors (Lipinski definition) is 3. The molecule has 0 saturated carbocycles. The molecule has 6 heteroatoms. The number of benzene rings is 4. The maximum Gasteiger partial charge on any atom is 0.130 e. The van der Waals surface area contributed by atoms with Crippen molar-refractivity contribution in [3.63, 3.8) is 0 Å². The van der Waals surface area contributed by atoms with Crippen molar-refractivity contribution in [1.29, 1.82) is 0 Å². The van der Waals surface area contributed by atoms with Gasteiger partial charge in [-0.25, -0.2) is 4.39 Å². The molecule has 0 bridgehead atoms. The molecule has 4 aromatic carbocycles. The van der Waals surface area contributed by atoms with Crippen LogP contribution in [0.2, 0.25) is 19.6 Å². The molecule has 0 spiro atoms. The molecule has 233 valence electrons. The molecule has 3 heterocycles. The molecule has 7 rings (SSSR count). The average Bonchev–Trinajstić information content (AvgIpc) is 3.45. The number of fused-ring (bicyclic) bond motifs is 3. The summed E-state index contributed by atoms with van der Waals surface area (Å²) in [5, 5.41) is 3.04. The van der Waals surface area contributed by atoms with Crippen molar-refractivity contribution in [2.24, 2.45) is 0 Å². The van der Waals surface area contributed by atoms with Crippen LogP contribution in [-0.2, 0) is 20.1 Å². The zero-order valence-electron chi connectivity index (χ0n) is 26.6. The van der Waals surface area contributed by atoms with Crippen LogP contribution in [0.25, 0.3) is 53.8 Å². The molecule has 1 radical (unpaired) electrons. The van der Waals surface area contributed by atoms with Gasteiger partial charge in [0.15, 0.2) is 0 Å². The molecular weight excluding hydrogens is 780 g/mol. The number of thiophene rings is 1. The van der Waals surface area contributed by atoms with E-state index in [0.717, 1.165) is 37.3 Å². The van der Waals surface area contributed by atoms with Gasteiger partial charge in [0, 0.05) is 42.6 Å². The van der Waals surface area contributed by atoms with Gasteiger partial charge < -0.3 is 9.97 Å². The number of pyridine rings is 2. The normalized spacial score (nSPS) is 11.3. The van der Waals surface area contributed by atoms with Crippen LogP contribution in [0.15, 0.2) is 116 Å². The van der Waals surface area contributed by atoms with E-state index in [0.29, 0.717) is 11.3 Å². The number of aromatic nitrogens is 2. The zero-order valence-corrected chi connectivity index (χ0v) is 30.8. The van der Waals surface area contributed by atoms with E-state index in [1.807, 2.05) is 48.7 Å². The van der Waals surface area contributed by atoms with Crippen molar-refractivity contribution in [3.05, 3.63) is 139 Å². The van der Waals surface area contributed by atoms with E-state index in [-0.39, 0.29) is 25.9 Å². The molecule has 0 fully saturated rings. The maximum atomic E-state index is 14.2. The van der Waals surface area contributed by atoms with Crippen LogP contribution in [0.3, 0.4) is 0 Å². The first-order valence-corrected chi connectivity index (χ1v) is 19.5. The fourth-order valence-corrected chi connectivity index (χ4v) is 8.19. The Morgan fingerprint density at radius 2 is 1.57 bits per heavy atom. The molecule has 0 amide bonds. The van der Waals surface area contributed by atoms with Gasteiger partial charge >= 0.3 is 0 Å². The molecule has 0 atom stereocenters. The van der Waals surface area contributed by atoms with Crippen molar-refractivity contribution in [1.82, 2.24) is 9.97 Å². The predicted octanol–water partition coefficient (Wildman–Crippen LogP) is 10.9. The Labute approximate surface area is 289 Å². The third-order valence-electron chi connectivity index (χ3n) is 7.89.